The van der Waals surface area contributed by atoms with Crippen molar-refractivity contribution in [2.24, 2.45) is 0 Å². The molecule has 2 fully saturated rings. The summed E-state index contributed by atoms with van der Waals surface area (Å²) in [7, 11) is 0. The zero-order chi connectivity index (χ0) is 47.3. The van der Waals surface area contributed by atoms with E-state index in [0.29, 0.717) is 109 Å². The molecule has 2 aromatic carbocycles. The number of rotatable bonds is 25. The van der Waals surface area contributed by atoms with E-state index in [-0.39, 0.29) is 17.9 Å². The van der Waals surface area contributed by atoms with Crippen molar-refractivity contribution in [2.45, 2.75) is 58.6 Å². The molecule has 364 valence electrons. The van der Waals surface area contributed by atoms with Crippen molar-refractivity contribution in [1.82, 2.24) is 39.7 Å². The third-order valence-corrected chi connectivity index (χ3v) is 11.0. The Morgan fingerprint density at radius 3 is 2.00 bits per heavy atom. The summed E-state index contributed by atoms with van der Waals surface area (Å²) in [5.41, 5.74) is 1.10. The van der Waals surface area contributed by atoms with E-state index >= 15 is 0 Å². The number of carbonyl (C=O) groups is 3. The summed E-state index contributed by atoms with van der Waals surface area (Å²) in [6.07, 6.45) is 8.63. The van der Waals surface area contributed by atoms with Crippen LogP contribution in [-0.4, -0.2) is 170 Å². The van der Waals surface area contributed by atoms with Crippen molar-refractivity contribution in [3.05, 3.63) is 85.3 Å². The second kappa shape index (κ2) is 26.6. The van der Waals surface area contributed by atoms with E-state index in [0.717, 1.165) is 55.8 Å². The van der Waals surface area contributed by atoms with Gasteiger partial charge in [-0.2, -0.15) is 4.98 Å². The summed E-state index contributed by atoms with van der Waals surface area (Å²) in [6.45, 7) is 16.6. The molecular weight excluding hydrogens is 861 g/mol. The number of likely N-dealkylation sites (tertiary alicyclic amines) is 1. The molecule has 2 aromatic heterocycles. The van der Waals surface area contributed by atoms with E-state index in [2.05, 4.69) is 29.8 Å². The van der Waals surface area contributed by atoms with Crippen LogP contribution >= 0.6 is 0 Å². The van der Waals surface area contributed by atoms with Crippen LogP contribution in [0, 0.1) is 0 Å². The fraction of sp³-hybridized carbons (Fsp3) is 0.531. The van der Waals surface area contributed by atoms with E-state index < -0.39 is 11.7 Å². The number of fused-ring (bicyclic) bond motifs is 1. The molecule has 0 bridgehead atoms. The fourth-order valence-electron chi connectivity index (χ4n) is 7.71. The number of ether oxygens (including phenoxy) is 7. The number of hydrogen-bond acceptors (Lipinski definition) is 14. The van der Waals surface area contributed by atoms with Gasteiger partial charge in [-0.15, -0.1) is 0 Å². The zero-order valence-electron chi connectivity index (χ0n) is 39.5. The van der Waals surface area contributed by atoms with Gasteiger partial charge in [0.25, 0.3) is 0 Å². The number of benzene rings is 2. The largest absolute Gasteiger partial charge is 0.457 e. The summed E-state index contributed by atoms with van der Waals surface area (Å²) in [5.74, 6) is 2.65. The molecule has 4 heterocycles. The lowest BCUT2D eigenvalue weighted by atomic mass is 10.0. The zero-order valence-corrected chi connectivity index (χ0v) is 39.5. The molecular formula is C49H68N8O10. The van der Waals surface area contributed by atoms with E-state index in [1.165, 1.54) is 6.33 Å². The lowest BCUT2D eigenvalue weighted by Crippen LogP contribution is -2.55. The molecule has 0 spiro atoms. The number of piperidine rings is 1. The number of nitrogens with one attached hydrogen (secondary N) is 1. The summed E-state index contributed by atoms with van der Waals surface area (Å²) in [6, 6.07) is 19.2. The molecule has 67 heavy (non-hydrogen) atoms. The predicted molar refractivity (Wildman–Crippen MR) is 252 cm³/mol. The molecule has 0 unspecified atom stereocenters. The average molecular weight is 929 g/mol. The first-order chi connectivity index (χ1) is 32.6. The highest BCUT2D eigenvalue weighted by atomic mass is 16.6. The second-order valence-electron chi connectivity index (χ2n) is 17.1. The van der Waals surface area contributed by atoms with Crippen LogP contribution < -0.4 is 14.8 Å². The van der Waals surface area contributed by atoms with Gasteiger partial charge >= 0.3 is 6.09 Å². The van der Waals surface area contributed by atoms with Crippen LogP contribution in [0.4, 0.5) is 4.79 Å². The highest BCUT2D eigenvalue weighted by Gasteiger charge is 2.27. The van der Waals surface area contributed by atoms with Gasteiger partial charge in [-0.25, -0.2) is 14.8 Å². The van der Waals surface area contributed by atoms with Gasteiger partial charge in [0.2, 0.25) is 17.7 Å². The number of nitrogens with zero attached hydrogens (tertiary/aromatic N) is 7. The van der Waals surface area contributed by atoms with E-state index in [1.807, 2.05) is 111 Å². The maximum absolute atomic E-state index is 13.2. The first-order valence-corrected chi connectivity index (χ1v) is 23.4. The molecule has 18 heteroatoms. The first kappa shape index (κ1) is 50.8. The van der Waals surface area contributed by atoms with Crippen molar-refractivity contribution < 1.29 is 47.5 Å². The maximum Gasteiger partial charge on any atom is 0.407 e. The minimum atomic E-state index is -0.532. The normalized spacial score (nSPS) is 15.3. The average Bonchev–Trinajstić information content (AvgIpc) is 3.77. The number of piperazine rings is 1. The Morgan fingerprint density at radius 1 is 0.746 bits per heavy atom. The Labute approximate surface area is 394 Å². The lowest BCUT2D eigenvalue weighted by molar-refractivity contribution is -0.153. The van der Waals surface area contributed by atoms with Crippen LogP contribution in [0.3, 0.4) is 0 Å². The summed E-state index contributed by atoms with van der Waals surface area (Å²) in [5, 5.41) is 6.57. The molecule has 2 aliphatic rings. The van der Waals surface area contributed by atoms with Gasteiger partial charge in [0.1, 0.15) is 34.7 Å². The number of aromatic nitrogens is 3. The van der Waals surface area contributed by atoms with Crippen molar-refractivity contribution in [2.75, 3.05) is 112 Å². The number of alkyl carbamates (subject to hydrolysis) is 1. The lowest BCUT2D eigenvalue weighted by Gasteiger charge is -2.40. The van der Waals surface area contributed by atoms with Gasteiger partial charge < -0.3 is 47.9 Å². The van der Waals surface area contributed by atoms with E-state index in [4.69, 9.17) is 33.2 Å². The Hall–Kier alpha value is -5.63. The summed E-state index contributed by atoms with van der Waals surface area (Å²) < 4.78 is 41.7. The number of hydrazine groups is 1. The van der Waals surface area contributed by atoms with Crippen molar-refractivity contribution in [3.8, 4) is 23.1 Å². The van der Waals surface area contributed by atoms with Crippen molar-refractivity contribution >= 4 is 28.9 Å². The molecule has 4 aromatic rings. The molecule has 18 nitrogen and oxygen atoms in total. The smallest absolute Gasteiger partial charge is 0.407 e. The predicted octanol–water partition coefficient (Wildman–Crippen LogP) is 6.10. The second-order valence-corrected chi connectivity index (χ2v) is 17.1. The molecule has 2 aliphatic heterocycles. The third-order valence-electron chi connectivity index (χ3n) is 11.0. The Balaban J connectivity index is 0.805. The van der Waals surface area contributed by atoms with E-state index in [9.17, 15) is 14.4 Å². The molecule has 0 radical (unpaired) electrons. The van der Waals surface area contributed by atoms with Crippen molar-refractivity contribution in [1.29, 1.82) is 0 Å². The van der Waals surface area contributed by atoms with Crippen LogP contribution in [0.15, 0.2) is 85.3 Å². The molecule has 2 saturated heterocycles. The van der Waals surface area contributed by atoms with Gasteiger partial charge in [0.05, 0.1) is 64.8 Å². The fourth-order valence-corrected chi connectivity index (χ4v) is 7.71. The molecule has 0 saturated carbocycles. The molecule has 1 N–H and O–H groups in total. The Bertz CT molecular complexity index is 2130. The number of para-hydroxylation sites is 1. The summed E-state index contributed by atoms with van der Waals surface area (Å²) in [4.78, 5) is 51.1. The maximum atomic E-state index is 13.2. The molecule has 0 atom stereocenters. The Morgan fingerprint density at radius 2 is 1.36 bits per heavy atom. The highest BCUT2D eigenvalue weighted by molar-refractivity contribution is 5.87. The topological polar surface area (TPSA) is 172 Å². The standard InChI is InChI=1S/C49H68N8O10/c1-5-57(45(59)20-30-61-32-34-63-36-37-64-35-33-62-31-21-50-48(60)67-49(2,3)4)55-28-26-53(27-29-55)22-9-12-44(58)54-23-17-39(18-24-54)56-25-19-43-46(56)47(52-38-51-43)66-42-15-13-41(14-16-42)65-40-10-7-6-8-11-40/h6-16,19,25,38-39H,5,17-18,20-24,26-37H2,1-4H3,(H,50,60). The van der Waals surface area contributed by atoms with Gasteiger partial charge in [-0.1, -0.05) is 24.3 Å². The van der Waals surface area contributed by atoms with Crippen LogP contribution in [0.2, 0.25) is 0 Å². The summed E-state index contributed by atoms with van der Waals surface area (Å²) >= 11 is 0. The SMILES string of the molecule is CCN(C(=O)CCOCCOCCOCCOCCNC(=O)OC(C)(C)C)N1CCN(CC=CC(=O)N2CCC(n3ccc4ncnc(Oc5ccc(Oc6ccccc6)cc5)c43)CC2)CC1. The first-order valence-electron chi connectivity index (χ1n) is 23.4. The number of amides is 3. The van der Waals surface area contributed by atoms with E-state index in [1.54, 1.807) is 6.08 Å². The number of hydrogen-bond donors (Lipinski definition) is 1. The van der Waals surface area contributed by atoms with Gasteiger partial charge in [-0.05, 0) is 83.0 Å². The van der Waals surface area contributed by atoms with Crippen molar-refractivity contribution in [3.63, 3.8) is 0 Å². The highest BCUT2D eigenvalue weighted by Crippen LogP contribution is 2.34. The Kier molecular flexibility index (Phi) is 20.2. The van der Waals surface area contributed by atoms with Gasteiger partial charge in [-0.3, -0.25) is 19.5 Å². The minimum Gasteiger partial charge on any atom is -0.457 e. The molecule has 0 aliphatic carbocycles. The minimum absolute atomic E-state index is 0.0218. The van der Waals surface area contributed by atoms with Gasteiger partial charge in [0, 0.05) is 77.2 Å². The molecule has 6 rings (SSSR count). The third kappa shape index (κ3) is 16.9. The molecule has 3 amide bonds. The number of carbonyl (C=O) groups excluding carboxylic acids is 3. The monoisotopic (exact) mass is 929 g/mol. The van der Waals surface area contributed by atoms with Gasteiger partial charge in [0.15, 0.2) is 0 Å². The van der Waals surface area contributed by atoms with Crippen LogP contribution in [0.5, 0.6) is 23.1 Å². The van der Waals surface area contributed by atoms with Crippen LogP contribution in [0.1, 0.15) is 53.0 Å². The van der Waals surface area contributed by atoms with Crippen LogP contribution in [-0.2, 0) is 33.3 Å². The quantitative estimate of drug-likeness (QED) is 0.0598. The van der Waals surface area contributed by atoms with Crippen LogP contribution in [0.25, 0.3) is 11.0 Å².